The molecule has 0 atom stereocenters. The molecule has 0 aliphatic rings. The average Bonchev–Trinajstić information content (AvgIpc) is 3.17. The molecule has 168 valence electrons. The molecule has 0 saturated carbocycles. The van der Waals surface area contributed by atoms with Crippen molar-refractivity contribution in [3.8, 4) is 22.9 Å². The summed E-state index contributed by atoms with van der Waals surface area (Å²) in [5, 5.41) is 11.7. The Balaban J connectivity index is 1.70. The highest BCUT2D eigenvalue weighted by molar-refractivity contribution is 7.99. The number of carbonyl (C=O) groups excluding carboxylic acids is 1. The van der Waals surface area contributed by atoms with E-state index >= 15 is 0 Å². The average molecular weight is 461 g/mol. The molecule has 1 heterocycles. The summed E-state index contributed by atoms with van der Waals surface area (Å²) in [6.45, 7) is 3.64. The molecule has 0 fully saturated rings. The van der Waals surface area contributed by atoms with Crippen molar-refractivity contribution < 1.29 is 23.0 Å². The van der Waals surface area contributed by atoms with Gasteiger partial charge in [0.25, 0.3) is 0 Å². The number of thioether (sulfide) groups is 1. The number of hydrogen-bond donors (Lipinski definition) is 1. The fourth-order valence-electron chi connectivity index (χ4n) is 2.86. The zero-order valence-corrected chi connectivity index (χ0v) is 18.1. The number of halogens is 2. The number of carbonyl (C=O) groups is 1. The first kappa shape index (κ1) is 23.3. The highest BCUT2D eigenvalue weighted by Crippen LogP contribution is 2.27. The molecule has 1 N–H and O–H groups in total. The van der Waals surface area contributed by atoms with Crippen LogP contribution in [0.15, 0.2) is 66.3 Å². The van der Waals surface area contributed by atoms with E-state index in [2.05, 4.69) is 26.8 Å². The summed E-state index contributed by atoms with van der Waals surface area (Å²) in [5.74, 6) is 1.07. The highest BCUT2D eigenvalue weighted by atomic mass is 32.2. The van der Waals surface area contributed by atoms with Crippen LogP contribution < -0.4 is 14.8 Å². The van der Waals surface area contributed by atoms with Gasteiger partial charge in [-0.05, 0) is 43.3 Å². The Morgan fingerprint density at radius 2 is 1.97 bits per heavy atom. The highest BCUT2D eigenvalue weighted by Gasteiger charge is 2.16. The number of benzene rings is 2. The second-order valence-corrected chi connectivity index (χ2v) is 7.32. The predicted molar refractivity (Wildman–Crippen MR) is 119 cm³/mol. The van der Waals surface area contributed by atoms with Crippen molar-refractivity contribution in [2.45, 2.75) is 25.2 Å². The molecule has 7 nitrogen and oxygen atoms in total. The third-order valence-corrected chi connectivity index (χ3v) is 5.13. The van der Waals surface area contributed by atoms with Crippen LogP contribution in [0.3, 0.4) is 0 Å². The van der Waals surface area contributed by atoms with Crippen LogP contribution in [0.2, 0.25) is 0 Å². The van der Waals surface area contributed by atoms with Crippen LogP contribution >= 0.6 is 11.8 Å². The van der Waals surface area contributed by atoms with Crippen molar-refractivity contribution in [1.29, 1.82) is 0 Å². The topological polar surface area (TPSA) is 78.3 Å². The van der Waals surface area contributed by atoms with Crippen molar-refractivity contribution >= 4 is 23.4 Å². The van der Waals surface area contributed by atoms with Gasteiger partial charge < -0.3 is 14.8 Å². The maximum absolute atomic E-state index is 12.5. The first-order valence-corrected chi connectivity index (χ1v) is 10.7. The van der Waals surface area contributed by atoms with Crippen LogP contribution in [0.4, 0.5) is 14.5 Å². The van der Waals surface area contributed by atoms with Gasteiger partial charge in [-0.15, -0.1) is 16.8 Å². The molecule has 1 amide bonds. The Hall–Kier alpha value is -3.40. The molecule has 0 radical (unpaired) electrons. The number of nitrogens with one attached hydrogen (secondary N) is 1. The van der Waals surface area contributed by atoms with Gasteiger partial charge in [0, 0.05) is 12.1 Å². The zero-order valence-electron chi connectivity index (χ0n) is 17.3. The van der Waals surface area contributed by atoms with E-state index in [9.17, 15) is 13.6 Å². The molecule has 3 rings (SSSR count). The molecular formula is C22H22F2N4O3S. The van der Waals surface area contributed by atoms with Crippen LogP contribution in [0.25, 0.3) is 11.4 Å². The molecule has 0 aliphatic heterocycles. The second-order valence-electron chi connectivity index (χ2n) is 6.37. The number of hydrogen-bond acceptors (Lipinski definition) is 6. The van der Waals surface area contributed by atoms with E-state index in [1.807, 2.05) is 19.1 Å². The summed E-state index contributed by atoms with van der Waals surface area (Å²) >= 11 is 1.23. The van der Waals surface area contributed by atoms with E-state index in [1.54, 1.807) is 34.9 Å². The summed E-state index contributed by atoms with van der Waals surface area (Å²) in [7, 11) is 0. The Morgan fingerprint density at radius 3 is 2.66 bits per heavy atom. The number of nitrogens with zero attached hydrogens (tertiary/aromatic N) is 3. The number of para-hydroxylation sites is 2. The van der Waals surface area contributed by atoms with Gasteiger partial charge in [-0.1, -0.05) is 30.0 Å². The fourth-order valence-corrected chi connectivity index (χ4v) is 3.60. The lowest BCUT2D eigenvalue weighted by Gasteiger charge is -2.11. The maximum Gasteiger partial charge on any atom is 0.387 e. The summed E-state index contributed by atoms with van der Waals surface area (Å²) < 4.78 is 36.4. The van der Waals surface area contributed by atoms with E-state index in [1.165, 1.54) is 23.9 Å². The number of rotatable bonds is 11. The van der Waals surface area contributed by atoms with E-state index in [-0.39, 0.29) is 17.4 Å². The van der Waals surface area contributed by atoms with Gasteiger partial charge in [0.1, 0.15) is 11.5 Å². The molecule has 0 bridgehead atoms. The lowest BCUT2D eigenvalue weighted by atomic mass is 10.2. The number of ether oxygens (including phenoxy) is 2. The summed E-state index contributed by atoms with van der Waals surface area (Å²) in [6, 6.07) is 13.3. The third-order valence-electron chi connectivity index (χ3n) is 4.16. The largest absolute Gasteiger partial charge is 0.492 e. The minimum absolute atomic E-state index is 0.0529. The summed E-state index contributed by atoms with van der Waals surface area (Å²) in [6.07, 6.45) is 1.68. The van der Waals surface area contributed by atoms with Crippen molar-refractivity contribution in [3.05, 3.63) is 61.2 Å². The van der Waals surface area contributed by atoms with Gasteiger partial charge in [-0.2, -0.15) is 8.78 Å². The Morgan fingerprint density at radius 1 is 1.22 bits per heavy atom. The van der Waals surface area contributed by atoms with Gasteiger partial charge in [0.15, 0.2) is 11.0 Å². The number of allylic oxidation sites excluding steroid dienone is 1. The van der Waals surface area contributed by atoms with Crippen LogP contribution in [0.1, 0.15) is 6.92 Å². The summed E-state index contributed by atoms with van der Waals surface area (Å²) in [4.78, 5) is 12.5. The molecule has 0 aliphatic carbocycles. The number of alkyl halides is 2. The quantitative estimate of drug-likeness (QED) is 0.325. The normalized spacial score (nSPS) is 10.8. The lowest BCUT2D eigenvalue weighted by molar-refractivity contribution is -0.113. The number of aromatic nitrogens is 3. The van der Waals surface area contributed by atoms with Gasteiger partial charge in [0.05, 0.1) is 18.0 Å². The van der Waals surface area contributed by atoms with E-state index in [4.69, 9.17) is 4.74 Å². The second kappa shape index (κ2) is 11.3. The van der Waals surface area contributed by atoms with Crippen molar-refractivity contribution in [3.63, 3.8) is 0 Å². The first-order chi connectivity index (χ1) is 15.5. The Kier molecular flexibility index (Phi) is 8.20. The van der Waals surface area contributed by atoms with E-state index in [0.717, 1.165) is 0 Å². The minimum atomic E-state index is -2.89. The zero-order chi connectivity index (χ0) is 22.9. The molecule has 10 heteroatoms. The Labute approximate surface area is 188 Å². The standard InChI is InChI=1S/C22H22F2N4O3S/c1-3-13-28-20(15-9-11-16(12-10-15)31-21(23)24)26-27-22(28)32-14-19(29)25-17-7-5-6-8-18(17)30-4-2/h3,5-12,21H,1,4,13-14H2,2H3,(H,25,29). The monoisotopic (exact) mass is 460 g/mol. The molecular weight excluding hydrogens is 438 g/mol. The Bertz CT molecular complexity index is 1060. The van der Waals surface area contributed by atoms with E-state index < -0.39 is 6.61 Å². The SMILES string of the molecule is C=CCn1c(SCC(=O)Nc2ccccc2OCC)nnc1-c1ccc(OC(F)F)cc1. The molecule has 0 spiro atoms. The maximum atomic E-state index is 12.5. The van der Waals surface area contributed by atoms with Gasteiger partial charge >= 0.3 is 6.61 Å². The van der Waals surface area contributed by atoms with E-state index in [0.29, 0.717) is 41.1 Å². The van der Waals surface area contributed by atoms with Crippen LogP contribution in [0, 0.1) is 0 Å². The van der Waals surface area contributed by atoms with Gasteiger partial charge in [0.2, 0.25) is 5.91 Å². The number of amides is 1. The molecule has 0 saturated heterocycles. The fraction of sp³-hybridized carbons (Fsp3) is 0.227. The van der Waals surface area contributed by atoms with Crippen molar-refractivity contribution in [2.75, 3.05) is 17.7 Å². The van der Waals surface area contributed by atoms with Crippen molar-refractivity contribution in [1.82, 2.24) is 14.8 Å². The molecule has 2 aromatic carbocycles. The van der Waals surface area contributed by atoms with Crippen LogP contribution in [-0.2, 0) is 11.3 Å². The number of anilines is 1. The van der Waals surface area contributed by atoms with Crippen LogP contribution in [-0.4, -0.2) is 39.6 Å². The molecule has 32 heavy (non-hydrogen) atoms. The van der Waals surface area contributed by atoms with Gasteiger partial charge in [-0.25, -0.2) is 0 Å². The molecule has 1 aromatic heterocycles. The van der Waals surface area contributed by atoms with Crippen LogP contribution in [0.5, 0.6) is 11.5 Å². The first-order valence-electron chi connectivity index (χ1n) is 9.75. The lowest BCUT2D eigenvalue weighted by Crippen LogP contribution is -2.15. The van der Waals surface area contributed by atoms with Crippen molar-refractivity contribution in [2.24, 2.45) is 0 Å². The third kappa shape index (κ3) is 6.07. The predicted octanol–water partition coefficient (Wildman–Crippen LogP) is 4.86. The molecule has 0 unspecified atom stereocenters. The van der Waals surface area contributed by atoms with Gasteiger partial charge in [-0.3, -0.25) is 9.36 Å². The smallest absolute Gasteiger partial charge is 0.387 e. The minimum Gasteiger partial charge on any atom is -0.492 e. The summed E-state index contributed by atoms with van der Waals surface area (Å²) in [5.41, 5.74) is 1.27. The molecule has 3 aromatic rings.